The van der Waals surface area contributed by atoms with Gasteiger partial charge in [-0.3, -0.25) is 9.69 Å². The summed E-state index contributed by atoms with van der Waals surface area (Å²) in [4.78, 5) is 16.9. The van der Waals surface area contributed by atoms with E-state index < -0.39 is 5.82 Å². The van der Waals surface area contributed by atoms with Gasteiger partial charge in [0.2, 0.25) is 0 Å². The van der Waals surface area contributed by atoms with Crippen molar-refractivity contribution in [2.45, 2.75) is 38.1 Å². The van der Waals surface area contributed by atoms with Crippen LogP contribution in [0, 0.1) is 5.82 Å². The molecule has 1 aromatic carbocycles. The third-order valence-electron chi connectivity index (χ3n) is 4.85. The smallest absolute Gasteiger partial charge is 0.255 e. The Balaban J connectivity index is 1.59. The molecule has 0 atom stereocenters. The van der Waals surface area contributed by atoms with Gasteiger partial charge in [-0.2, -0.15) is 0 Å². The van der Waals surface area contributed by atoms with Gasteiger partial charge in [0, 0.05) is 32.2 Å². The lowest BCUT2D eigenvalue weighted by atomic mass is 9.94. The van der Waals surface area contributed by atoms with E-state index in [1.165, 1.54) is 50.3 Å². The zero-order chi connectivity index (χ0) is 15.5. The van der Waals surface area contributed by atoms with Gasteiger partial charge in [0.25, 0.3) is 5.91 Å². The van der Waals surface area contributed by atoms with Crippen molar-refractivity contribution in [3.8, 4) is 0 Å². The predicted octanol–water partition coefficient (Wildman–Crippen LogP) is 3.57. The van der Waals surface area contributed by atoms with Gasteiger partial charge in [-0.25, -0.2) is 4.39 Å². The number of amides is 1. The molecule has 22 heavy (non-hydrogen) atoms. The highest BCUT2D eigenvalue weighted by Crippen LogP contribution is 2.24. The number of piperazine rings is 1. The second-order valence-corrected chi connectivity index (χ2v) is 6.65. The highest BCUT2D eigenvalue weighted by molar-refractivity contribution is 6.33. The van der Waals surface area contributed by atoms with Gasteiger partial charge in [0.1, 0.15) is 5.82 Å². The van der Waals surface area contributed by atoms with Crippen LogP contribution in [-0.4, -0.2) is 47.9 Å². The third kappa shape index (κ3) is 3.44. The standard InChI is InChI=1S/C17H22ClFN2O/c18-16-12-13(19)6-7-15(16)17(22)21-10-8-20(9-11-21)14-4-2-1-3-5-14/h6-7,12,14H,1-5,8-11H2. The molecule has 3 rings (SSSR count). The summed E-state index contributed by atoms with van der Waals surface area (Å²) in [6.07, 6.45) is 6.59. The van der Waals surface area contributed by atoms with Crippen molar-refractivity contribution in [3.63, 3.8) is 0 Å². The average Bonchev–Trinajstić information content (AvgIpc) is 2.55. The molecule has 0 spiro atoms. The maximum atomic E-state index is 13.1. The van der Waals surface area contributed by atoms with Crippen molar-refractivity contribution in [2.75, 3.05) is 26.2 Å². The molecule has 0 unspecified atom stereocenters. The van der Waals surface area contributed by atoms with E-state index in [4.69, 9.17) is 11.6 Å². The van der Waals surface area contributed by atoms with E-state index in [0.29, 0.717) is 11.6 Å². The molecule has 0 aromatic heterocycles. The lowest BCUT2D eigenvalue weighted by Gasteiger charge is -2.40. The fraction of sp³-hybridized carbons (Fsp3) is 0.588. The first-order valence-electron chi connectivity index (χ1n) is 8.13. The van der Waals surface area contributed by atoms with Crippen LogP contribution in [-0.2, 0) is 0 Å². The molecule has 1 aliphatic carbocycles. The SMILES string of the molecule is O=C(c1ccc(F)cc1Cl)N1CCN(C2CCCCC2)CC1. The van der Waals surface area contributed by atoms with Crippen LogP contribution in [0.4, 0.5) is 4.39 Å². The average molecular weight is 325 g/mol. The highest BCUT2D eigenvalue weighted by atomic mass is 35.5. The second kappa shape index (κ2) is 6.97. The van der Waals surface area contributed by atoms with Gasteiger partial charge in [-0.15, -0.1) is 0 Å². The fourth-order valence-electron chi connectivity index (χ4n) is 3.57. The van der Waals surface area contributed by atoms with Crippen molar-refractivity contribution in [3.05, 3.63) is 34.6 Å². The van der Waals surface area contributed by atoms with Gasteiger partial charge >= 0.3 is 0 Å². The van der Waals surface area contributed by atoms with Gasteiger partial charge < -0.3 is 4.90 Å². The number of nitrogens with zero attached hydrogens (tertiary/aromatic N) is 2. The topological polar surface area (TPSA) is 23.6 Å². The molecule has 2 fully saturated rings. The van der Waals surface area contributed by atoms with Crippen molar-refractivity contribution in [2.24, 2.45) is 0 Å². The first-order chi connectivity index (χ1) is 10.6. The molecular formula is C17H22ClFN2O. The van der Waals surface area contributed by atoms with Crippen molar-refractivity contribution >= 4 is 17.5 Å². The molecule has 0 bridgehead atoms. The minimum atomic E-state index is -0.413. The van der Waals surface area contributed by atoms with Crippen molar-refractivity contribution < 1.29 is 9.18 Å². The Hall–Kier alpha value is -1.13. The van der Waals surface area contributed by atoms with Crippen molar-refractivity contribution in [1.29, 1.82) is 0 Å². The fourth-order valence-corrected chi connectivity index (χ4v) is 3.82. The van der Waals surface area contributed by atoms with E-state index in [1.807, 2.05) is 4.90 Å². The first kappa shape index (κ1) is 15.8. The molecule has 3 nitrogen and oxygen atoms in total. The minimum Gasteiger partial charge on any atom is -0.336 e. The van der Waals surface area contributed by atoms with Crippen LogP contribution in [0.5, 0.6) is 0 Å². The maximum absolute atomic E-state index is 13.1. The molecule has 0 radical (unpaired) electrons. The number of carbonyl (C=O) groups is 1. The van der Waals surface area contributed by atoms with Crippen LogP contribution in [0.25, 0.3) is 0 Å². The van der Waals surface area contributed by atoms with Crippen molar-refractivity contribution in [1.82, 2.24) is 9.80 Å². The minimum absolute atomic E-state index is 0.0895. The summed E-state index contributed by atoms with van der Waals surface area (Å²) in [5.41, 5.74) is 0.397. The van der Waals surface area contributed by atoms with Gasteiger partial charge in [0.15, 0.2) is 0 Å². The monoisotopic (exact) mass is 324 g/mol. The predicted molar refractivity (Wildman–Crippen MR) is 85.8 cm³/mol. The summed E-state index contributed by atoms with van der Waals surface area (Å²) in [6, 6.07) is 4.67. The molecule has 1 saturated heterocycles. The van der Waals surface area contributed by atoms with E-state index in [1.54, 1.807) is 0 Å². The molecule has 2 aliphatic rings. The van der Waals surface area contributed by atoms with E-state index in [2.05, 4.69) is 4.90 Å². The normalized spacial score (nSPS) is 21.1. The maximum Gasteiger partial charge on any atom is 0.255 e. The Morgan fingerprint density at radius 1 is 1.09 bits per heavy atom. The Morgan fingerprint density at radius 3 is 2.41 bits per heavy atom. The number of rotatable bonds is 2. The molecule has 1 amide bonds. The van der Waals surface area contributed by atoms with Gasteiger partial charge in [-0.1, -0.05) is 30.9 Å². The van der Waals surface area contributed by atoms with Crippen LogP contribution in [0.15, 0.2) is 18.2 Å². The van der Waals surface area contributed by atoms with E-state index in [-0.39, 0.29) is 10.9 Å². The van der Waals surface area contributed by atoms with Gasteiger partial charge in [-0.05, 0) is 31.0 Å². The van der Waals surface area contributed by atoms with E-state index in [9.17, 15) is 9.18 Å². The summed E-state index contributed by atoms with van der Waals surface area (Å²) in [6.45, 7) is 3.30. The van der Waals surface area contributed by atoms with Crippen LogP contribution < -0.4 is 0 Å². The summed E-state index contributed by atoms with van der Waals surface area (Å²) in [5, 5.41) is 0.194. The Kier molecular flexibility index (Phi) is 4.99. The largest absolute Gasteiger partial charge is 0.336 e. The number of hydrogen-bond acceptors (Lipinski definition) is 2. The number of hydrogen-bond donors (Lipinski definition) is 0. The zero-order valence-electron chi connectivity index (χ0n) is 12.7. The van der Waals surface area contributed by atoms with Crippen LogP contribution >= 0.6 is 11.6 Å². The van der Waals surface area contributed by atoms with Crippen LogP contribution in [0.1, 0.15) is 42.5 Å². The number of carbonyl (C=O) groups excluding carboxylic acids is 1. The van der Waals surface area contributed by atoms with Crippen LogP contribution in [0.2, 0.25) is 5.02 Å². The number of halogens is 2. The van der Waals surface area contributed by atoms with Gasteiger partial charge in [0.05, 0.1) is 10.6 Å². The molecule has 1 heterocycles. The van der Waals surface area contributed by atoms with E-state index >= 15 is 0 Å². The molecule has 120 valence electrons. The molecule has 1 aromatic rings. The molecule has 5 heteroatoms. The Morgan fingerprint density at radius 2 is 1.77 bits per heavy atom. The summed E-state index contributed by atoms with van der Waals surface area (Å²) in [5.74, 6) is -0.503. The summed E-state index contributed by atoms with van der Waals surface area (Å²) < 4.78 is 13.1. The Labute approximate surface area is 136 Å². The molecule has 1 aliphatic heterocycles. The lowest BCUT2D eigenvalue weighted by Crippen LogP contribution is -2.52. The number of benzene rings is 1. The molecular weight excluding hydrogens is 303 g/mol. The highest BCUT2D eigenvalue weighted by Gasteiger charge is 2.28. The lowest BCUT2D eigenvalue weighted by molar-refractivity contribution is 0.0523. The summed E-state index contributed by atoms with van der Waals surface area (Å²) in [7, 11) is 0. The Bertz CT molecular complexity index is 537. The zero-order valence-corrected chi connectivity index (χ0v) is 13.5. The first-order valence-corrected chi connectivity index (χ1v) is 8.51. The van der Waals surface area contributed by atoms with E-state index in [0.717, 1.165) is 26.2 Å². The quantitative estimate of drug-likeness (QED) is 0.830. The van der Waals surface area contributed by atoms with Crippen LogP contribution in [0.3, 0.4) is 0 Å². The second-order valence-electron chi connectivity index (χ2n) is 6.24. The third-order valence-corrected chi connectivity index (χ3v) is 5.17. The summed E-state index contributed by atoms with van der Waals surface area (Å²) >= 11 is 6.00. The molecule has 1 saturated carbocycles. The molecule has 0 N–H and O–H groups in total.